The fourth-order valence-corrected chi connectivity index (χ4v) is 1.57. The van der Waals surface area contributed by atoms with E-state index < -0.39 is 0 Å². The van der Waals surface area contributed by atoms with Crippen molar-refractivity contribution in [2.24, 2.45) is 0 Å². The summed E-state index contributed by atoms with van der Waals surface area (Å²) < 4.78 is 0.812. The second-order valence-electron chi connectivity index (χ2n) is 3.18. The molecule has 1 N–H and O–H groups in total. The summed E-state index contributed by atoms with van der Waals surface area (Å²) in [7, 11) is 0. The second-order valence-corrected chi connectivity index (χ2v) is 4.03. The number of aromatic nitrogens is 1. The normalized spacial score (nSPS) is 9.81. The van der Waals surface area contributed by atoms with E-state index in [0.29, 0.717) is 11.3 Å². The fourth-order valence-electron chi connectivity index (χ4n) is 1.25. The maximum absolute atomic E-state index is 11.8. The molecule has 0 atom stereocenters. The van der Waals surface area contributed by atoms with Gasteiger partial charge in [-0.3, -0.25) is 9.78 Å². The van der Waals surface area contributed by atoms with E-state index in [1.165, 1.54) is 0 Å². The van der Waals surface area contributed by atoms with E-state index >= 15 is 0 Å². The Hall–Kier alpha value is -1.68. The van der Waals surface area contributed by atoms with Crippen LogP contribution in [-0.4, -0.2) is 10.9 Å². The summed E-state index contributed by atoms with van der Waals surface area (Å²) in [5.74, 6) is -0.144. The predicted molar refractivity (Wildman–Crippen MR) is 66.3 cm³/mol. The minimum absolute atomic E-state index is 0.144. The third-order valence-corrected chi connectivity index (χ3v) is 2.74. The zero-order valence-electron chi connectivity index (χ0n) is 8.35. The van der Waals surface area contributed by atoms with Crippen LogP contribution in [0.5, 0.6) is 0 Å². The van der Waals surface area contributed by atoms with Crippen molar-refractivity contribution in [1.82, 2.24) is 4.98 Å². The number of nitrogens with zero attached hydrogens (tertiary/aromatic N) is 1. The predicted octanol–water partition coefficient (Wildman–Crippen LogP) is 3.10. The Kier molecular flexibility index (Phi) is 3.31. The molecule has 4 heteroatoms. The highest BCUT2D eigenvalue weighted by Gasteiger charge is 2.06. The van der Waals surface area contributed by atoms with Gasteiger partial charge in [0.1, 0.15) is 0 Å². The van der Waals surface area contributed by atoms with Crippen LogP contribution in [0.3, 0.4) is 0 Å². The molecule has 0 aliphatic carbocycles. The molecule has 0 saturated heterocycles. The topological polar surface area (TPSA) is 42.0 Å². The molecule has 2 aromatic rings. The van der Waals surface area contributed by atoms with Gasteiger partial charge in [0.25, 0.3) is 5.91 Å². The van der Waals surface area contributed by atoms with Crippen LogP contribution >= 0.6 is 15.9 Å². The van der Waals surface area contributed by atoms with Gasteiger partial charge in [0.2, 0.25) is 0 Å². The van der Waals surface area contributed by atoms with Gasteiger partial charge >= 0.3 is 0 Å². The SMILES string of the molecule is O=C(Nc1cnccc1Br)c1ccccc1. The maximum Gasteiger partial charge on any atom is 0.255 e. The summed E-state index contributed by atoms with van der Waals surface area (Å²) in [6.07, 6.45) is 3.26. The minimum Gasteiger partial charge on any atom is -0.320 e. The van der Waals surface area contributed by atoms with Gasteiger partial charge in [0.05, 0.1) is 11.9 Å². The number of carbonyl (C=O) groups excluding carboxylic acids is 1. The van der Waals surface area contributed by atoms with Crippen molar-refractivity contribution in [2.45, 2.75) is 0 Å². The Morgan fingerprint density at radius 3 is 2.62 bits per heavy atom. The van der Waals surface area contributed by atoms with Crippen LogP contribution < -0.4 is 5.32 Å². The third kappa shape index (κ3) is 2.46. The van der Waals surface area contributed by atoms with Crippen LogP contribution in [0.25, 0.3) is 0 Å². The number of amides is 1. The number of rotatable bonds is 2. The molecule has 0 aliphatic heterocycles. The van der Waals surface area contributed by atoms with Gasteiger partial charge in [-0.15, -0.1) is 0 Å². The van der Waals surface area contributed by atoms with Crippen molar-refractivity contribution in [3.8, 4) is 0 Å². The van der Waals surface area contributed by atoms with Gasteiger partial charge in [0, 0.05) is 16.2 Å². The number of hydrogen-bond acceptors (Lipinski definition) is 2. The smallest absolute Gasteiger partial charge is 0.255 e. The zero-order chi connectivity index (χ0) is 11.4. The van der Waals surface area contributed by atoms with Crippen LogP contribution in [0, 0.1) is 0 Å². The van der Waals surface area contributed by atoms with E-state index in [4.69, 9.17) is 0 Å². The lowest BCUT2D eigenvalue weighted by Crippen LogP contribution is -2.12. The van der Waals surface area contributed by atoms with Gasteiger partial charge in [-0.1, -0.05) is 18.2 Å². The largest absolute Gasteiger partial charge is 0.320 e. The summed E-state index contributed by atoms with van der Waals surface area (Å²) in [6.45, 7) is 0. The summed E-state index contributed by atoms with van der Waals surface area (Å²) in [5, 5.41) is 2.78. The van der Waals surface area contributed by atoms with E-state index in [2.05, 4.69) is 26.2 Å². The van der Waals surface area contributed by atoms with Gasteiger partial charge in [0.15, 0.2) is 0 Å². The summed E-state index contributed by atoms with van der Waals surface area (Å²) in [5.41, 5.74) is 1.29. The van der Waals surface area contributed by atoms with Gasteiger partial charge in [-0.25, -0.2) is 0 Å². The molecule has 3 nitrogen and oxygen atoms in total. The zero-order valence-corrected chi connectivity index (χ0v) is 9.94. The molecule has 16 heavy (non-hydrogen) atoms. The summed E-state index contributed by atoms with van der Waals surface area (Å²) >= 11 is 3.34. The molecule has 1 aromatic carbocycles. The Balaban J connectivity index is 2.18. The van der Waals surface area contributed by atoms with Crippen molar-refractivity contribution in [2.75, 3.05) is 5.32 Å². The quantitative estimate of drug-likeness (QED) is 0.916. The number of anilines is 1. The van der Waals surface area contributed by atoms with Crippen LogP contribution in [-0.2, 0) is 0 Å². The molecule has 0 bridgehead atoms. The molecule has 1 aromatic heterocycles. The fraction of sp³-hybridized carbons (Fsp3) is 0. The van der Waals surface area contributed by atoms with E-state index in [9.17, 15) is 4.79 Å². The molecule has 80 valence electrons. The van der Waals surface area contributed by atoms with Gasteiger partial charge in [-0.2, -0.15) is 0 Å². The Bertz CT molecular complexity index is 499. The van der Waals surface area contributed by atoms with Crippen LogP contribution in [0.1, 0.15) is 10.4 Å². The monoisotopic (exact) mass is 276 g/mol. The van der Waals surface area contributed by atoms with Gasteiger partial charge in [-0.05, 0) is 34.1 Å². The Labute approximate surface area is 102 Å². The lowest BCUT2D eigenvalue weighted by Gasteiger charge is -2.06. The first-order chi connectivity index (χ1) is 7.77. The van der Waals surface area contributed by atoms with Crippen molar-refractivity contribution < 1.29 is 4.79 Å². The number of hydrogen-bond donors (Lipinski definition) is 1. The van der Waals surface area contributed by atoms with Gasteiger partial charge < -0.3 is 5.32 Å². The standard InChI is InChI=1S/C12H9BrN2O/c13-10-6-7-14-8-11(10)15-12(16)9-4-2-1-3-5-9/h1-8H,(H,15,16). The first-order valence-electron chi connectivity index (χ1n) is 4.73. The Morgan fingerprint density at radius 1 is 1.19 bits per heavy atom. The number of halogens is 1. The lowest BCUT2D eigenvalue weighted by molar-refractivity contribution is 0.102. The molecule has 1 amide bonds. The lowest BCUT2D eigenvalue weighted by atomic mass is 10.2. The van der Waals surface area contributed by atoms with Crippen molar-refractivity contribution >= 4 is 27.5 Å². The molecular weight excluding hydrogens is 268 g/mol. The number of pyridine rings is 1. The summed E-state index contributed by atoms with van der Waals surface area (Å²) in [6, 6.07) is 10.8. The molecule has 0 fully saturated rings. The Morgan fingerprint density at radius 2 is 1.94 bits per heavy atom. The van der Waals surface area contributed by atoms with E-state index in [0.717, 1.165) is 4.47 Å². The maximum atomic E-state index is 11.8. The molecule has 2 rings (SSSR count). The average Bonchev–Trinajstić information content (AvgIpc) is 2.33. The second kappa shape index (κ2) is 4.90. The number of carbonyl (C=O) groups is 1. The molecule has 0 unspecified atom stereocenters. The number of nitrogens with one attached hydrogen (secondary N) is 1. The number of benzene rings is 1. The first kappa shape index (κ1) is 10.8. The molecule has 0 aliphatic rings. The highest BCUT2D eigenvalue weighted by atomic mass is 79.9. The van der Waals surface area contributed by atoms with Crippen LogP contribution in [0.4, 0.5) is 5.69 Å². The highest BCUT2D eigenvalue weighted by Crippen LogP contribution is 2.20. The van der Waals surface area contributed by atoms with E-state index in [-0.39, 0.29) is 5.91 Å². The molecule has 0 saturated carbocycles. The first-order valence-corrected chi connectivity index (χ1v) is 5.52. The van der Waals surface area contributed by atoms with E-state index in [1.54, 1.807) is 30.6 Å². The molecule has 0 radical (unpaired) electrons. The van der Waals surface area contributed by atoms with Crippen LogP contribution in [0.2, 0.25) is 0 Å². The van der Waals surface area contributed by atoms with E-state index in [1.807, 2.05) is 18.2 Å². The highest BCUT2D eigenvalue weighted by molar-refractivity contribution is 9.10. The average molecular weight is 277 g/mol. The molecule has 0 spiro atoms. The van der Waals surface area contributed by atoms with Crippen molar-refractivity contribution in [3.05, 3.63) is 58.8 Å². The van der Waals surface area contributed by atoms with Crippen molar-refractivity contribution in [1.29, 1.82) is 0 Å². The van der Waals surface area contributed by atoms with Crippen molar-refractivity contribution in [3.63, 3.8) is 0 Å². The third-order valence-electron chi connectivity index (χ3n) is 2.05. The van der Waals surface area contributed by atoms with Crippen LogP contribution in [0.15, 0.2) is 53.3 Å². The minimum atomic E-state index is -0.144. The summed E-state index contributed by atoms with van der Waals surface area (Å²) in [4.78, 5) is 15.8. The molecular formula is C12H9BrN2O. The molecule has 1 heterocycles.